The summed E-state index contributed by atoms with van der Waals surface area (Å²) in [6.07, 6.45) is 4.06. The van der Waals surface area contributed by atoms with Gasteiger partial charge in [-0.2, -0.15) is 5.10 Å². The van der Waals surface area contributed by atoms with Crippen LogP contribution in [0, 0.1) is 0 Å². The van der Waals surface area contributed by atoms with Gasteiger partial charge in [0.15, 0.2) is 5.65 Å². The van der Waals surface area contributed by atoms with Crippen LogP contribution in [0.15, 0.2) is 48.7 Å². The van der Waals surface area contributed by atoms with Crippen LogP contribution in [0.5, 0.6) is 0 Å². The van der Waals surface area contributed by atoms with E-state index < -0.39 is 0 Å². The lowest BCUT2D eigenvalue weighted by atomic mass is 10.00. The van der Waals surface area contributed by atoms with Gasteiger partial charge in [-0.3, -0.25) is 14.5 Å². The van der Waals surface area contributed by atoms with E-state index in [0.717, 1.165) is 77.1 Å². The van der Waals surface area contributed by atoms with Crippen molar-refractivity contribution in [1.29, 1.82) is 0 Å². The standard InChI is InChI=1S/C39H51ClN8O3/c1-5-35-32(38(45-30-12-14-51-15-13-30)33-21-43-48(6-2)39(33)46-35)20-42-37(50)18-36(49)41-19-27-10-11-34(40)31(17-27)29-9-7-8-28(16-29)24-47-22-25(3)44-26(4)23-47/h7-11,16-17,21,25-26,30,44H,5-6,12-15,18-20,22-24H2,1-4H3,(H,41,49)(H,42,50)(H,45,46)/t25-,26+. The molecule has 2 saturated heterocycles. The van der Waals surface area contributed by atoms with Crippen LogP contribution in [-0.2, 0) is 46.9 Å². The first-order chi connectivity index (χ1) is 24.7. The Labute approximate surface area is 305 Å². The number of carbonyl (C=O) groups is 2. The molecule has 0 radical (unpaired) electrons. The highest BCUT2D eigenvalue weighted by molar-refractivity contribution is 6.33. The van der Waals surface area contributed by atoms with E-state index in [0.29, 0.717) is 43.3 Å². The average molecular weight is 715 g/mol. The van der Waals surface area contributed by atoms with Crippen molar-refractivity contribution < 1.29 is 14.3 Å². The number of anilines is 1. The molecule has 4 aromatic rings. The maximum absolute atomic E-state index is 13.1. The predicted octanol–water partition coefficient (Wildman–Crippen LogP) is 5.43. The van der Waals surface area contributed by atoms with E-state index in [2.05, 4.69) is 76.3 Å². The molecule has 2 aliphatic heterocycles. The molecule has 6 rings (SSSR count). The Morgan fingerprint density at radius 2 is 1.73 bits per heavy atom. The molecule has 2 fully saturated rings. The van der Waals surface area contributed by atoms with Crippen molar-refractivity contribution in [3.8, 4) is 11.1 Å². The van der Waals surface area contributed by atoms with Crippen LogP contribution < -0.4 is 21.3 Å². The number of benzene rings is 2. The predicted molar refractivity (Wildman–Crippen MR) is 203 cm³/mol. The van der Waals surface area contributed by atoms with E-state index in [-0.39, 0.29) is 37.4 Å². The van der Waals surface area contributed by atoms with Gasteiger partial charge in [-0.1, -0.05) is 42.8 Å². The number of aryl methyl sites for hydroxylation is 2. The Bertz CT molecular complexity index is 1830. The van der Waals surface area contributed by atoms with Crippen LogP contribution in [0.25, 0.3) is 22.2 Å². The summed E-state index contributed by atoms with van der Waals surface area (Å²) in [6, 6.07) is 15.4. The van der Waals surface area contributed by atoms with Gasteiger partial charge in [0, 0.05) is 92.5 Å². The maximum Gasteiger partial charge on any atom is 0.229 e. The minimum atomic E-state index is -0.349. The third kappa shape index (κ3) is 9.26. The van der Waals surface area contributed by atoms with Crippen molar-refractivity contribution in [1.82, 2.24) is 35.6 Å². The number of nitrogens with zero attached hydrogens (tertiary/aromatic N) is 4. The van der Waals surface area contributed by atoms with Crippen molar-refractivity contribution in [3.05, 3.63) is 76.1 Å². The largest absolute Gasteiger partial charge is 0.381 e. The number of carbonyl (C=O) groups excluding carboxylic acids is 2. The summed E-state index contributed by atoms with van der Waals surface area (Å²) in [5.74, 6) is -0.697. The third-order valence-electron chi connectivity index (χ3n) is 9.76. The molecule has 2 aliphatic rings. The minimum absolute atomic E-state index is 0.252. The first-order valence-corrected chi connectivity index (χ1v) is 18.7. The van der Waals surface area contributed by atoms with Crippen LogP contribution in [0.1, 0.15) is 69.3 Å². The van der Waals surface area contributed by atoms with Crippen LogP contribution in [0.4, 0.5) is 5.69 Å². The number of nitrogens with one attached hydrogen (secondary N) is 4. The van der Waals surface area contributed by atoms with Crippen LogP contribution in [0.2, 0.25) is 5.02 Å². The van der Waals surface area contributed by atoms with Gasteiger partial charge in [0.2, 0.25) is 11.8 Å². The number of rotatable bonds is 13. The van der Waals surface area contributed by atoms with Crippen LogP contribution in [0.3, 0.4) is 0 Å². The summed E-state index contributed by atoms with van der Waals surface area (Å²) >= 11 is 6.68. The fraction of sp³-hybridized carbons (Fsp3) is 0.487. The fourth-order valence-corrected chi connectivity index (χ4v) is 7.55. The maximum atomic E-state index is 13.1. The van der Waals surface area contributed by atoms with Crippen LogP contribution >= 0.6 is 11.6 Å². The fourth-order valence-electron chi connectivity index (χ4n) is 7.33. The zero-order chi connectivity index (χ0) is 35.9. The summed E-state index contributed by atoms with van der Waals surface area (Å²) in [6.45, 7) is 14.1. The molecule has 2 amide bonds. The number of piperazine rings is 1. The number of hydrogen-bond acceptors (Lipinski definition) is 8. The number of halogens is 1. The topological polar surface area (TPSA) is 125 Å². The summed E-state index contributed by atoms with van der Waals surface area (Å²) in [5, 5.41) is 19.4. The molecule has 4 heterocycles. The van der Waals surface area contributed by atoms with Gasteiger partial charge in [0.25, 0.3) is 0 Å². The number of hydrogen-bond donors (Lipinski definition) is 4. The van der Waals surface area contributed by atoms with Gasteiger partial charge < -0.3 is 26.0 Å². The molecule has 12 heteroatoms. The third-order valence-corrected chi connectivity index (χ3v) is 10.1. The number of ether oxygens (including phenoxy) is 1. The molecular weight excluding hydrogens is 664 g/mol. The summed E-state index contributed by atoms with van der Waals surface area (Å²) < 4.78 is 7.47. The van der Waals surface area contributed by atoms with E-state index in [1.165, 1.54) is 5.56 Å². The van der Waals surface area contributed by atoms with E-state index in [1.807, 2.05) is 36.0 Å². The molecule has 2 aromatic carbocycles. The smallest absolute Gasteiger partial charge is 0.229 e. The minimum Gasteiger partial charge on any atom is -0.381 e. The lowest BCUT2D eigenvalue weighted by molar-refractivity contribution is -0.129. The SMILES string of the molecule is CCc1nc2c(cnn2CC)c(NC2CCOCC2)c1CNC(=O)CC(=O)NCc1ccc(Cl)c(-c2cccc(CN3C[C@@H](C)N[C@@H](C)C3)c2)c1. The quantitative estimate of drug-likeness (QED) is 0.135. The van der Waals surface area contributed by atoms with Gasteiger partial charge in [0.05, 0.1) is 17.3 Å². The molecule has 0 unspecified atom stereocenters. The van der Waals surface area contributed by atoms with Crippen molar-refractivity contribution >= 4 is 40.1 Å². The summed E-state index contributed by atoms with van der Waals surface area (Å²) in [7, 11) is 0. The monoisotopic (exact) mass is 714 g/mol. The average Bonchev–Trinajstić information content (AvgIpc) is 3.53. The molecule has 272 valence electrons. The highest BCUT2D eigenvalue weighted by atomic mass is 35.5. The van der Waals surface area contributed by atoms with E-state index >= 15 is 0 Å². The molecule has 0 bridgehead atoms. The molecule has 0 saturated carbocycles. The Balaban J connectivity index is 1.07. The Morgan fingerprint density at radius 1 is 0.980 bits per heavy atom. The number of aromatic nitrogens is 3. The summed E-state index contributed by atoms with van der Waals surface area (Å²) in [4.78, 5) is 33.5. The molecule has 0 aliphatic carbocycles. The molecule has 2 atom stereocenters. The van der Waals surface area contributed by atoms with E-state index in [4.69, 9.17) is 21.3 Å². The molecule has 2 aromatic heterocycles. The van der Waals surface area contributed by atoms with Crippen molar-refractivity contribution in [2.24, 2.45) is 0 Å². The van der Waals surface area contributed by atoms with Gasteiger partial charge >= 0.3 is 0 Å². The molecule has 51 heavy (non-hydrogen) atoms. The number of amides is 2. The second kappa shape index (κ2) is 17.0. The van der Waals surface area contributed by atoms with Gasteiger partial charge in [0.1, 0.15) is 6.42 Å². The lowest BCUT2D eigenvalue weighted by Gasteiger charge is -2.36. The second-order valence-corrected chi connectivity index (χ2v) is 14.3. The highest BCUT2D eigenvalue weighted by Crippen LogP contribution is 2.32. The molecule has 4 N–H and O–H groups in total. The zero-order valence-electron chi connectivity index (χ0n) is 30.2. The van der Waals surface area contributed by atoms with Gasteiger partial charge in [-0.15, -0.1) is 0 Å². The highest BCUT2D eigenvalue weighted by Gasteiger charge is 2.23. The van der Waals surface area contributed by atoms with Crippen molar-refractivity contribution in [2.45, 2.75) is 97.7 Å². The Kier molecular flexibility index (Phi) is 12.2. The van der Waals surface area contributed by atoms with Crippen LogP contribution in [-0.4, -0.2) is 75.9 Å². The molecule has 0 spiro atoms. The molecular formula is C39H51ClN8O3. The first kappa shape index (κ1) is 36.8. The first-order valence-electron chi connectivity index (χ1n) is 18.3. The van der Waals surface area contributed by atoms with Crippen molar-refractivity contribution in [3.63, 3.8) is 0 Å². The van der Waals surface area contributed by atoms with E-state index in [9.17, 15) is 9.59 Å². The van der Waals surface area contributed by atoms with Gasteiger partial charge in [-0.25, -0.2) is 9.67 Å². The lowest BCUT2D eigenvalue weighted by Crippen LogP contribution is -2.53. The van der Waals surface area contributed by atoms with Crippen molar-refractivity contribution in [2.75, 3.05) is 31.6 Å². The summed E-state index contributed by atoms with van der Waals surface area (Å²) in [5.41, 5.74) is 7.69. The zero-order valence-corrected chi connectivity index (χ0v) is 31.0. The second-order valence-electron chi connectivity index (χ2n) is 13.9. The normalized spacial score (nSPS) is 18.5. The number of fused-ring (bicyclic) bond motifs is 1. The van der Waals surface area contributed by atoms with Gasteiger partial charge in [-0.05, 0) is 74.9 Å². The Hall–Kier alpha value is -4.03. The number of pyridine rings is 1. The van der Waals surface area contributed by atoms with E-state index in [1.54, 1.807) is 0 Å². The molecule has 11 nitrogen and oxygen atoms in total. The Morgan fingerprint density at radius 3 is 2.45 bits per heavy atom.